The van der Waals surface area contributed by atoms with Gasteiger partial charge in [-0.15, -0.1) is 0 Å². The highest BCUT2D eigenvalue weighted by molar-refractivity contribution is 5.68. The van der Waals surface area contributed by atoms with Crippen LogP contribution in [0.15, 0.2) is 55.1 Å². The molecular weight excluding hydrogens is 304 g/mol. The summed E-state index contributed by atoms with van der Waals surface area (Å²) >= 11 is 0. The lowest BCUT2D eigenvalue weighted by Gasteiger charge is -2.19. The van der Waals surface area contributed by atoms with Crippen molar-refractivity contribution in [2.24, 2.45) is 0 Å². The molecule has 0 saturated heterocycles. The van der Waals surface area contributed by atoms with Crippen molar-refractivity contribution in [2.45, 2.75) is 13.0 Å². The molecule has 1 aromatic carbocycles. The Kier molecular flexibility index (Phi) is 5.02. The van der Waals surface area contributed by atoms with Gasteiger partial charge in [0.05, 0.1) is 6.10 Å². The fourth-order valence-electron chi connectivity index (χ4n) is 2.44. The molecule has 3 aromatic rings. The third-order valence-electron chi connectivity index (χ3n) is 3.58. The van der Waals surface area contributed by atoms with Gasteiger partial charge in [-0.05, 0) is 18.6 Å². The van der Waals surface area contributed by atoms with Crippen LogP contribution in [-0.2, 0) is 4.74 Å². The molecular formula is C17H20N6O. The van der Waals surface area contributed by atoms with E-state index in [0.717, 1.165) is 5.56 Å². The van der Waals surface area contributed by atoms with Gasteiger partial charge in [0.15, 0.2) is 11.6 Å². The molecule has 0 amide bonds. The first-order chi connectivity index (χ1) is 11.8. The summed E-state index contributed by atoms with van der Waals surface area (Å²) in [6.07, 6.45) is 4.84. The monoisotopic (exact) mass is 324 g/mol. The van der Waals surface area contributed by atoms with Crippen molar-refractivity contribution in [3.05, 3.63) is 60.7 Å². The van der Waals surface area contributed by atoms with Gasteiger partial charge in [-0.2, -0.15) is 5.10 Å². The number of hydrogen-bond donors (Lipinski definition) is 2. The van der Waals surface area contributed by atoms with Crippen LogP contribution in [0.1, 0.15) is 18.6 Å². The van der Waals surface area contributed by atoms with Crippen molar-refractivity contribution in [3.63, 3.8) is 0 Å². The van der Waals surface area contributed by atoms with E-state index in [1.165, 1.54) is 6.33 Å². The molecule has 0 saturated carbocycles. The summed E-state index contributed by atoms with van der Waals surface area (Å²) in [4.78, 5) is 8.43. The Balaban J connectivity index is 1.77. The topological polar surface area (TPSA) is 90.9 Å². The molecule has 0 bridgehead atoms. The van der Waals surface area contributed by atoms with Crippen LogP contribution in [0.4, 0.5) is 11.5 Å². The Morgan fingerprint density at radius 2 is 2.04 bits per heavy atom. The van der Waals surface area contributed by atoms with Gasteiger partial charge in [0.2, 0.25) is 0 Å². The molecule has 0 radical (unpaired) electrons. The summed E-state index contributed by atoms with van der Waals surface area (Å²) in [5, 5.41) is 7.41. The predicted molar refractivity (Wildman–Crippen MR) is 92.9 cm³/mol. The molecule has 0 spiro atoms. The Hall–Kier alpha value is -2.93. The van der Waals surface area contributed by atoms with Crippen LogP contribution < -0.4 is 11.1 Å². The van der Waals surface area contributed by atoms with E-state index < -0.39 is 0 Å². The van der Waals surface area contributed by atoms with E-state index in [2.05, 4.69) is 20.4 Å². The molecule has 0 aliphatic carbocycles. The zero-order valence-electron chi connectivity index (χ0n) is 13.5. The van der Waals surface area contributed by atoms with Crippen LogP contribution in [0.5, 0.6) is 0 Å². The lowest BCUT2D eigenvalue weighted by molar-refractivity contribution is 0.0718. The third-order valence-corrected chi connectivity index (χ3v) is 3.58. The number of nitrogens with one attached hydrogen (secondary N) is 1. The summed E-state index contributed by atoms with van der Waals surface area (Å²) in [5.74, 6) is 1.11. The van der Waals surface area contributed by atoms with Crippen LogP contribution >= 0.6 is 0 Å². The van der Waals surface area contributed by atoms with Gasteiger partial charge in [0, 0.05) is 25.5 Å². The molecule has 0 aliphatic rings. The quantitative estimate of drug-likeness (QED) is 0.693. The minimum Gasteiger partial charge on any atom is -0.393 e. The fraction of sp³-hybridized carbons (Fsp3) is 0.235. The summed E-state index contributed by atoms with van der Waals surface area (Å²) in [6, 6.07) is 11.9. The van der Waals surface area contributed by atoms with Gasteiger partial charge >= 0.3 is 0 Å². The second-order valence-electron chi connectivity index (χ2n) is 5.15. The Morgan fingerprint density at radius 3 is 2.75 bits per heavy atom. The van der Waals surface area contributed by atoms with Gasteiger partial charge in [-0.25, -0.2) is 14.6 Å². The van der Waals surface area contributed by atoms with Crippen molar-refractivity contribution in [2.75, 3.05) is 24.2 Å². The van der Waals surface area contributed by atoms with Crippen molar-refractivity contribution in [3.8, 4) is 5.82 Å². The molecule has 1 atom stereocenters. The number of benzene rings is 1. The van der Waals surface area contributed by atoms with Crippen LogP contribution in [0.2, 0.25) is 0 Å². The Morgan fingerprint density at radius 1 is 1.21 bits per heavy atom. The van der Waals surface area contributed by atoms with Gasteiger partial charge in [-0.1, -0.05) is 30.3 Å². The maximum absolute atomic E-state index is 6.18. The minimum absolute atomic E-state index is 0.0845. The number of rotatable bonds is 7. The second-order valence-corrected chi connectivity index (χ2v) is 5.15. The van der Waals surface area contributed by atoms with Gasteiger partial charge in [0.1, 0.15) is 12.0 Å². The molecule has 7 nitrogen and oxygen atoms in total. The summed E-state index contributed by atoms with van der Waals surface area (Å²) in [5.41, 5.74) is 7.74. The molecule has 3 N–H and O–H groups in total. The lowest BCUT2D eigenvalue weighted by Crippen LogP contribution is -2.18. The molecule has 3 rings (SSSR count). The van der Waals surface area contributed by atoms with E-state index in [-0.39, 0.29) is 6.10 Å². The molecule has 0 aliphatic heterocycles. The van der Waals surface area contributed by atoms with E-state index in [4.69, 9.17) is 10.5 Å². The first-order valence-corrected chi connectivity index (χ1v) is 7.80. The van der Waals surface area contributed by atoms with Crippen molar-refractivity contribution < 1.29 is 4.74 Å². The number of hydrogen-bond acceptors (Lipinski definition) is 6. The highest BCUT2D eigenvalue weighted by Gasteiger charge is 2.14. The first-order valence-electron chi connectivity index (χ1n) is 7.80. The molecule has 2 heterocycles. The van der Waals surface area contributed by atoms with Crippen molar-refractivity contribution >= 4 is 11.5 Å². The SMILES string of the molecule is CCOC(CNc1ncnc(-n2cccn2)c1N)c1ccccc1. The number of nitrogens with two attached hydrogens (primary N) is 1. The Bertz CT molecular complexity index is 760. The van der Waals surface area contributed by atoms with Crippen LogP contribution in [0, 0.1) is 0 Å². The molecule has 7 heteroatoms. The lowest BCUT2D eigenvalue weighted by atomic mass is 10.1. The fourth-order valence-corrected chi connectivity index (χ4v) is 2.44. The molecule has 1 unspecified atom stereocenters. The van der Waals surface area contributed by atoms with Crippen LogP contribution in [0.3, 0.4) is 0 Å². The summed E-state index contributed by atoms with van der Waals surface area (Å²) < 4.78 is 7.44. The standard InChI is InChI=1S/C17H20N6O/c1-2-24-14(13-7-4-3-5-8-13)11-19-16-15(18)17(21-12-20-16)23-10-6-9-22-23/h3-10,12,14H,2,11,18H2,1H3,(H,19,20,21). The van der Waals surface area contributed by atoms with E-state index >= 15 is 0 Å². The second kappa shape index (κ2) is 7.56. The number of aromatic nitrogens is 4. The number of anilines is 2. The van der Waals surface area contributed by atoms with Crippen molar-refractivity contribution in [1.29, 1.82) is 0 Å². The van der Waals surface area contributed by atoms with E-state index in [0.29, 0.717) is 30.5 Å². The predicted octanol–water partition coefficient (Wildman–Crippen LogP) is 2.43. The van der Waals surface area contributed by atoms with E-state index in [1.807, 2.05) is 43.3 Å². The van der Waals surface area contributed by atoms with Crippen molar-refractivity contribution in [1.82, 2.24) is 19.7 Å². The van der Waals surface area contributed by atoms with Gasteiger partial charge in [0.25, 0.3) is 0 Å². The average Bonchev–Trinajstić information content (AvgIpc) is 3.15. The maximum atomic E-state index is 6.18. The van der Waals surface area contributed by atoms with E-state index in [1.54, 1.807) is 17.1 Å². The average molecular weight is 324 g/mol. The van der Waals surface area contributed by atoms with Gasteiger partial charge in [-0.3, -0.25) is 0 Å². The smallest absolute Gasteiger partial charge is 0.181 e. The molecule has 0 fully saturated rings. The van der Waals surface area contributed by atoms with Crippen LogP contribution in [-0.4, -0.2) is 32.9 Å². The van der Waals surface area contributed by atoms with Crippen LogP contribution in [0.25, 0.3) is 5.82 Å². The zero-order valence-corrected chi connectivity index (χ0v) is 13.5. The number of ether oxygens (including phenoxy) is 1. The number of nitrogens with zero attached hydrogens (tertiary/aromatic N) is 4. The Labute approximate surface area is 140 Å². The largest absolute Gasteiger partial charge is 0.393 e. The van der Waals surface area contributed by atoms with E-state index in [9.17, 15) is 0 Å². The molecule has 2 aromatic heterocycles. The minimum atomic E-state index is -0.0845. The summed E-state index contributed by atoms with van der Waals surface area (Å²) in [6.45, 7) is 3.15. The third kappa shape index (κ3) is 3.52. The normalized spacial score (nSPS) is 12.0. The highest BCUT2D eigenvalue weighted by Crippen LogP contribution is 2.23. The van der Waals surface area contributed by atoms with Gasteiger partial charge < -0.3 is 15.8 Å². The zero-order chi connectivity index (χ0) is 16.8. The maximum Gasteiger partial charge on any atom is 0.181 e. The highest BCUT2D eigenvalue weighted by atomic mass is 16.5. The first kappa shape index (κ1) is 15.9. The summed E-state index contributed by atoms with van der Waals surface area (Å²) in [7, 11) is 0. The molecule has 124 valence electrons. The molecule has 24 heavy (non-hydrogen) atoms. The number of nitrogen functional groups attached to an aromatic ring is 1.